The number of aromatic nitrogens is 2. The third-order valence-electron chi connectivity index (χ3n) is 4.06. The van der Waals surface area contributed by atoms with Gasteiger partial charge in [0.05, 0.1) is 11.4 Å². The van der Waals surface area contributed by atoms with Crippen LogP contribution >= 0.6 is 12.2 Å². The highest BCUT2D eigenvalue weighted by atomic mass is 32.1. The summed E-state index contributed by atoms with van der Waals surface area (Å²) in [4.78, 5) is 0. The van der Waals surface area contributed by atoms with Gasteiger partial charge in [0.1, 0.15) is 11.5 Å². The number of hydrogen-bond acceptors (Lipinski definition) is 3. The Morgan fingerprint density at radius 1 is 0.704 bits per heavy atom. The molecular weight excluding hydrogens is 363 g/mol. The molecule has 3 aromatic carbocycles. The van der Waals surface area contributed by atoms with Gasteiger partial charge in [-0.1, -0.05) is 36.4 Å². The molecular formula is C21H15FN2O2S. The zero-order valence-corrected chi connectivity index (χ0v) is 14.9. The number of halogens is 1. The standard InChI is InChI=1S/C21H15FN2O2S/c22-19-20(25)24(15-7-3-1-4-8-15)21(27)23(19)16-11-13-18(14-12-16)26-17-9-5-2-6-10-17/h1-14,25H. The molecule has 0 aliphatic rings. The van der Waals surface area contributed by atoms with E-state index in [4.69, 9.17) is 17.0 Å². The van der Waals surface area contributed by atoms with Gasteiger partial charge in [0.25, 0.3) is 11.8 Å². The average Bonchev–Trinajstić information content (AvgIpc) is 2.93. The Labute approximate surface area is 160 Å². The van der Waals surface area contributed by atoms with Crippen LogP contribution in [0.1, 0.15) is 0 Å². The topological polar surface area (TPSA) is 39.3 Å². The summed E-state index contributed by atoms with van der Waals surface area (Å²) in [5.41, 5.74) is 1.07. The van der Waals surface area contributed by atoms with E-state index in [9.17, 15) is 9.50 Å². The quantitative estimate of drug-likeness (QED) is 0.468. The molecule has 0 saturated heterocycles. The molecule has 1 aromatic heterocycles. The number of rotatable bonds is 4. The van der Waals surface area contributed by atoms with E-state index in [1.165, 1.54) is 9.13 Å². The summed E-state index contributed by atoms with van der Waals surface area (Å²) >= 11 is 5.40. The first-order valence-electron chi connectivity index (χ1n) is 8.26. The van der Waals surface area contributed by atoms with E-state index in [-0.39, 0.29) is 4.77 Å². The summed E-state index contributed by atoms with van der Waals surface area (Å²) in [6.45, 7) is 0. The average molecular weight is 378 g/mol. The molecule has 1 heterocycles. The fourth-order valence-corrected chi connectivity index (χ4v) is 3.17. The van der Waals surface area contributed by atoms with Crippen molar-refractivity contribution in [1.82, 2.24) is 9.13 Å². The number of ether oxygens (including phenoxy) is 1. The van der Waals surface area contributed by atoms with Gasteiger partial charge in [-0.3, -0.25) is 9.13 Å². The lowest BCUT2D eigenvalue weighted by Gasteiger charge is -2.08. The molecule has 0 spiro atoms. The second kappa shape index (κ2) is 7.09. The van der Waals surface area contributed by atoms with Gasteiger partial charge in [0.15, 0.2) is 4.77 Å². The predicted octanol–water partition coefficient (Wildman–Crippen LogP) is 5.63. The molecule has 0 amide bonds. The Kier molecular flexibility index (Phi) is 4.48. The van der Waals surface area contributed by atoms with Gasteiger partial charge >= 0.3 is 0 Å². The number of benzene rings is 3. The van der Waals surface area contributed by atoms with E-state index in [1.54, 1.807) is 48.5 Å². The van der Waals surface area contributed by atoms with Crippen LogP contribution in [0, 0.1) is 10.7 Å². The van der Waals surface area contributed by atoms with Crippen molar-refractivity contribution in [3.63, 3.8) is 0 Å². The highest BCUT2D eigenvalue weighted by molar-refractivity contribution is 7.71. The zero-order valence-electron chi connectivity index (χ0n) is 14.1. The number of aromatic hydroxyl groups is 1. The van der Waals surface area contributed by atoms with Crippen LogP contribution in [0.4, 0.5) is 4.39 Å². The van der Waals surface area contributed by atoms with Crippen molar-refractivity contribution in [2.75, 3.05) is 0 Å². The predicted molar refractivity (Wildman–Crippen MR) is 104 cm³/mol. The Hall–Kier alpha value is -3.38. The minimum Gasteiger partial charge on any atom is -0.491 e. The van der Waals surface area contributed by atoms with Crippen LogP contribution in [0.25, 0.3) is 11.4 Å². The molecule has 0 unspecified atom stereocenters. The number of nitrogens with zero attached hydrogens (tertiary/aromatic N) is 2. The Morgan fingerprint density at radius 3 is 1.85 bits per heavy atom. The summed E-state index contributed by atoms with van der Waals surface area (Å²) in [7, 11) is 0. The van der Waals surface area contributed by atoms with Crippen LogP contribution in [-0.4, -0.2) is 14.2 Å². The monoisotopic (exact) mass is 378 g/mol. The molecule has 0 fully saturated rings. The summed E-state index contributed by atoms with van der Waals surface area (Å²) in [6, 6.07) is 25.1. The van der Waals surface area contributed by atoms with E-state index in [2.05, 4.69) is 0 Å². The largest absolute Gasteiger partial charge is 0.491 e. The summed E-state index contributed by atoms with van der Waals surface area (Å²) in [5.74, 6) is -0.0269. The van der Waals surface area contributed by atoms with E-state index in [1.807, 2.05) is 36.4 Å². The fourth-order valence-electron chi connectivity index (χ4n) is 2.79. The normalized spacial score (nSPS) is 10.7. The first-order chi connectivity index (χ1) is 13.1. The van der Waals surface area contributed by atoms with Crippen LogP contribution in [-0.2, 0) is 0 Å². The Balaban J connectivity index is 1.71. The van der Waals surface area contributed by atoms with Gasteiger partial charge in [-0.25, -0.2) is 0 Å². The molecule has 0 atom stereocenters. The molecule has 4 rings (SSSR count). The van der Waals surface area contributed by atoms with E-state index >= 15 is 0 Å². The van der Waals surface area contributed by atoms with Crippen molar-refractivity contribution in [3.05, 3.63) is 95.6 Å². The first kappa shape index (κ1) is 17.1. The van der Waals surface area contributed by atoms with Crippen molar-refractivity contribution in [3.8, 4) is 28.8 Å². The maximum atomic E-state index is 14.7. The highest BCUT2D eigenvalue weighted by Gasteiger charge is 2.19. The lowest BCUT2D eigenvalue weighted by Crippen LogP contribution is -1.99. The van der Waals surface area contributed by atoms with Gasteiger partial charge in [-0.2, -0.15) is 4.39 Å². The molecule has 4 aromatic rings. The highest BCUT2D eigenvalue weighted by Crippen LogP contribution is 2.28. The van der Waals surface area contributed by atoms with Crippen LogP contribution < -0.4 is 4.74 Å². The Morgan fingerprint density at radius 2 is 1.22 bits per heavy atom. The second-order valence-electron chi connectivity index (χ2n) is 5.81. The van der Waals surface area contributed by atoms with E-state index < -0.39 is 11.8 Å². The summed E-state index contributed by atoms with van der Waals surface area (Å²) in [6.07, 6.45) is 0. The third-order valence-corrected chi connectivity index (χ3v) is 4.43. The van der Waals surface area contributed by atoms with Gasteiger partial charge in [-0.05, 0) is 60.7 Å². The second-order valence-corrected chi connectivity index (χ2v) is 6.18. The number of para-hydroxylation sites is 2. The number of imidazole rings is 1. The van der Waals surface area contributed by atoms with Crippen LogP contribution in [0.5, 0.6) is 17.4 Å². The van der Waals surface area contributed by atoms with Gasteiger partial charge in [0, 0.05) is 0 Å². The maximum absolute atomic E-state index is 14.7. The molecule has 1 N–H and O–H groups in total. The van der Waals surface area contributed by atoms with Crippen molar-refractivity contribution < 1.29 is 14.2 Å². The minimum absolute atomic E-state index is 0.132. The fraction of sp³-hybridized carbons (Fsp3) is 0. The zero-order chi connectivity index (χ0) is 18.8. The van der Waals surface area contributed by atoms with Gasteiger partial charge in [-0.15, -0.1) is 0 Å². The van der Waals surface area contributed by atoms with E-state index in [0.29, 0.717) is 22.9 Å². The number of hydrogen-bond donors (Lipinski definition) is 1. The van der Waals surface area contributed by atoms with Crippen LogP contribution in [0.15, 0.2) is 84.9 Å². The minimum atomic E-state index is -0.819. The lowest BCUT2D eigenvalue weighted by molar-refractivity contribution is 0.396. The molecule has 6 heteroatoms. The van der Waals surface area contributed by atoms with Crippen LogP contribution in [0.3, 0.4) is 0 Å². The van der Waals surface area contributed by atoms with Gasteiger partial charge in [0.2, 0.25) is 0 Å². The molecule has 0 saturated carbocycles. The summed E-state index contributed by atoms with van der Waals surface area (Å²) in [5, 5.41) is 10.2. The molecule has 0 radical (unpaired) electrons. The Bertz CT molecular complexity index is 1120. The first-order valence-corrected chi connectivity index (χ1v) is 8.67. The molecule has 0 aliphatic carbocycles. The lowest BCUT2D eigenvalue weighted by atomic mass is 10.3. The maximum Gasteiger partial charge on any atom is 0.261 e. The smallest absolute Gasteiger partial charge is 0.261 e. The molecule has 0 aliphatic heterocycles. The molecule has 27 heavy (non-hydrogen) atoms. The molecule has 134 valence electrons. The SMILES string of the molecule is Oc1c(F)n(-c2ccc(Oc3ccccc3)cc2)c(=S)n1-c1ccccc1. The van der Waals surface area contributed by atoms with E-state index in [0.717, 1.165) is 0 Å². The van der Waals surface area contributed by atoms with Crippen molar-refractivity contribution in [2.45, 2.75) is 0 Å². The van der Waals surface area contributed by atoms with Crippen LogP contribution in [0.2, 0.25) is 0 Å². The van der Waals surface area contributed by atoms with Crippen molar-refractivity contribution in [2.24, 2.45) is 0 Å². The molecule has 0 bridgehead atoms. The third kappa shape index (κ3) is 3.22. The summed E-state index contributed by atoms with van der Waals surface area (Å²) < 4.78 is 23.0. The van der Waals surface area contributed by atoms with Gasteiger partial charge < -0.3 is 9.84 Å². The molecule has 4 nitrogen and oxygen atoms in total. The van der Waals surface area contributed by atoms with Crippen molar-refractivity contribution >= 4 is 12.2 Å². The van der Waals surface area contributed by atoms with Crippen molar-refractivity contribution in [1.29, 1.82) is 0 Å².